The molecule has 0 amide bonds. The van der Waals surface area contributed by atoms with Crippen LogP contribution in [-0.4, -0.2) is 52.9 Å². The summed E-state index contributed by atoms with van der Waals surface area (Å²) >= 11 is 0. The Balaban J connectivity index is 1.71. The summed E-state index contributed by atoms with van der Waals surface area (Å²) in [6.07, 6.45) is 5.10. The van der Waals surface area contributed by atoms with Gasteiger partial charge in [-0.2, -0.15) is 4.31 Å². The van der Waals surface area contributed by atoms with E-state index in [1.165, 1.54) is 5.56 Å². The Bertz CT molecular complexity index is 927. The van der Waals surface area contributed by atoms with Crippen LogP contribution in [0.2, 0.25) is 0 Å². The van der Waals surface area contributed by atoms with Crippen molar-refractivity contribution in [2.75, 3.05) is 19.6 Å². The van der Waals surface area contributed by atoms with Gasteiger partial charge in [0.1, 0.15) is 0 Å². The van der Waals surface area contributed by atoms with Crippen LogP contribution >= 0.6 is 0 Å². The first-order chi connectivity index (χ1) is 12.8. The lowest BCUT2D eigenvalue weighted by molar-refractivity contribution is 0.107. The summed E-state index contributed by atoms with van der Waals surface area (Å²) in [6, 6.07) is 8.89. The van der Waals surface area contributed by atoms with Gasteiger partial charge in [0.05, 0.1) is 6.33 Å². The van der Waals surface area contributed by atoms with Crippen LogP contribution in [0.3, 0.4) is 0 Å². The number of fused-ring (bicyclic) bond motifs is 2. The molecule has 3 heterocycles. The molecule has 0 N–H and O–H groups in total. The summed E-state index contributed by atoms with van der Waals surface area (Å²) in [5.74, 6) is 0. The lowest BCUT2D eigenvalue weighted by Gasteiger charge is -2.48. The van der Waals surface area contributed by atoms with Crippen LogP contribution in [0, 0.1) is 0 Å². The van der Waals surface area contributed by atoms with E-state index in [0.29, 0.717) is 19.1 Å². The fourth-order valence-corrected chi connectivity index (χ4v) is 6.03. The number of likely N-dealkylation sites (tertiary alicyclic amines) is 1. The molecule has 1 aromatic carbocycles. The number of benzene rings is 1. The molecule has 6 nitrogen and oxygen atoms in total. The highest BCUT2D eigenvalue weighted by Crippen LogP contribution is 2.43. The van der Waals surface area contributed by atoms with E-state index >= 15 is 0 Å². The molecule has 0 unspecified atom stereocenters. The Morgan fingerprint density at radius 1 is 1.15 bits per heavy atom. The van der Waals surface area contributed by atoms with Gasteiger partial charge in [0.15, 0.2) is 5.03 Å². The fourth-order valence-electron chi connectivity index (χ4n) is 4.56. The van der Waals surface area contributed by atoms with Gasteiger partial charge in [-0.25, -0.2) is 13.4 Å². The van der Waals surface area contributed by atoms with Gasteiger partial charge in [-0.1, -0.05) is 24.3 Å². The maximum absolute atomic E-state index is 13.2. The molecule has 0 aliphatic carbocycles. The number of aryl methyl sites for hydroxylation is 1. The van der Waals surface area contributed by atoms with Crippen LogP contribution in [0.4, 0.5) is 0 Å². The zero-order valence-electron chi connectivity index (χ0n) is 16.3. The van der Waals surface area contributed by atoms with Crippen LogP contribution in [0.1, 0.15) is 37.8 Å². The van der Waals surface area contributed by atoms with E-state index in [9.17, 15) is 8.42 Å². The van der Waals surface area contributed by atoms with Crippen LogP contribution in [0.5, 0.6) is 0 Å². The molecular formula is C20H28N4O2S. The highest BCUT2D eigenvalue weighted by Gasteiger charge is 2.45. The maximum Gasteiger partial charge on any atom is 0.262 e. The third-order valence-corrected chi connectivity index (χ3v) is 7.86. The normalized spacial score (nSPS) is 20.9. The lowest BCUT2D eigenvalue weighted by atomic mass is 9.69. The van der Waals surface area contributed by atoms with Gasteiger partial charge in [0.25, 0.3) is 10.0 Å². The molecule has 1 spiro atoms. The Morgan fingerprint density at radius 2 is 1.85 bits per heavy atom. The standard InChI is InChI=1S/C20H28N4O2S/c1-16(2)23-10-8-20(9-11-23)14-24(12-17-6-4-5-7-18(17)20)27(25,26)19-13-22(3)15-21-19/h4-7,13,15-16H,8-12,14H2,1-3H3. The van der Waals surface area contributed by atoms with Crippen molar-refractivity contribution in [3.05, 3.63) is 47.9 Å². The summed E-state index contributed by atoms with van der Waals surface area (Å²) in [6.45, 7) is 7.42. The highest BCUT2D eigenvalue weighted by molar-refractivity contribution is 7.89. The van der Waals surface area contributed by atoms with Gasteiger partial charge in [-0.05, 0) is 50.9 Å². The van der Waals surface area contributed by atoms with Gasteiger partial charge in [0.2, 0.25) is 0 Å². The number of aromatic nitrogens is 2. The molecule has 0 saturated carbocycles. The Kier molecular flexibility index (Phi) is 4.64. The third-order valence-electron chi connectivity index (χ3n) is 6.19. The van der Waals surface area contributed by atoms with Crippen molar-refractivity contribution in [2.45, 2.75) is 49.7 Å². The van der Waals surface area contributed by atoms with Crippen molar-refractivity contribution in [1.82, 2.24) is 18.8 Å². The van der Waals surface area contributed by atoms with Crippen LogP contribution in [-0.2, 0) is 29.0 Å². The minimum Gasteiger partial charge on any atom is -0.339 e. The molecule has 0 atom stereocenters. The number of rotatable bonds is 3. The van der Waals surface area contributed by atoms with Crippen molar-refractivity contribution in [2.24, 2.45) is 7.05 Å². The second-order valence-electron chi connectivity index (χ2n) is 8.22. The molecule has 4 rings (SSSR count). The molecular weight excluding hydrogens is 360 g/mol. The smallest absolute Gasteiger partial charge is 0.262 e. The summed E-state index contributed by atoms with van der Waals surface area (Å²) in [5.41, 5.74) is 2.35. The first-order valence-electron chi connectivity index (χ1n) is 9.62. The average molecular weight is 389 g/mol. The van der Waals surface area contributed by atoms with Gasteiger partial charge in [-0.3, -0.25) is 0 Å². The number of imidazole rings is 1. The van der Waals surface area contributed by atoms with Crippen LogP contribution < -0.4 is 0 Å². The van der Waals surface area contributed by atoms with Gasteiger partial charge in [0, 0.05) is 37.8 Å². The number of hydrogen-bond donors (Lipinski definition) is 0. The average Bonchev–Trinajstić information content (AvgIpc) is 3.09. The summed E-state index contributed by atoms with van der Waals surface area (Å²) < 4.78 is 29.8. The molecule has 1 saturated heterocycles. The molecule has 2 aliphatic heterocycles. The van der Waals surface area contributed by atoms with Crippen molar-refractivity contribution < 1.29 is 8.42 Å². The zero-order valence-corrected chi connectivity index (χ0v) is 17.1. The van der Waals surface area contributed by atoms with Crippen molar-refractivity contribution in [3.63, 3.8) is 0 Å². The molecule has 0 bridgehead atoms. The van der Waals surface area contributed by atoms with Gasteiger partial charge >= 0.3 is 0 Å². The van der Waals surface area contributed by atoms with Crippen molar-refractivity contribution in [1.29, 1.82) is 0 Å². The van der Waals surface area contributed by atoms with Gasteiger partial charge in [-0.15, -0.1) is 0 Å². The zero-order chi connectivity index (χ0) is 19.2. The Morgan fingerprint density at radius 3 is 2.48 bits per heavy atom. The van der Waals surface area contributed by atoms with Crippen LogP contribution in [0.15, 0.2) is 41.8 Å². The SMILES string of the molecule is CC(C)N1CCC2(CC1)CN(S(=O)(=O)c1cn(C)cn1)Cc1ccccc12. The number of sulfonamides is 1. The molecule has 0 radical (unpaired) electrons. The quantitative estimate of drug-likeness (QED) is 0.810. The van der Waals surface area contributed by atoms with E-state index in [1.807, 2.05) is 6.07 Å². The lowest BCUT2D eigenvalue weighted by Crippen LogP contribution is -2.54. The molecule has 27 heavy (non-hydrogen) atoms. The van der Waals surface area contributed by atoms with E-state index in [-0.39, 0.29) is 10.4 Å². The van der Waals surface area contributed by atoms with Gasteiger partial charge < -0.3 is 9.47 Å². The highest BCUT2D eigenvalue weighted by atomic mass is 32.2. The minimum absolute atomic E-state index is 0.109. The molecule has 7 heteroatoms. The predicted molar refractivity (Wildman–Crippen MR) is 105 cm³/mol. The van der Waals surface area contributed by atoms with E-state index in [1.54, 1.807) is 28.4 Å². The second-order valence-corrected chi connectivity index (χ2v) is 10.1. The van der Waals surface area contributed by atoms with E-state index < -0.39 is 10.0 Å². The Labute approximate surface area is 161 Å². The molecule has 1 aromatic heterocycles. The Hall–Kier alpha value is -1.70. The fraction of sp³-hybridized carbons (Fsp3) is 0.550. The van der Waals surface area contributed by atoms with Crippen LogP contribution in [0.25, 0.3) is 0 Å². The second kappa shape index (κ2) is 6.72. The summed E-state index contributed by atoms with van der Waals surface area (Å²) in [7, 11) is -1.81. The summed E-state index contributed by atoms with van der Waals surface area (Å²) in [4.78, 5) is 6.60. The number of nitrogens with zero attached hydrogens (tertiary/aromatic N) is 4. The molecule has 2 aliphatic rings. The first kappa shape index (κ1) is 18.7. The third kappa shape index (κ3) is 3.22. The first-order valence-corrected chi connectivity index (χ1v) is 11.1. The molecule has 1 fully saturated rings. The molecule has 146 valence electrons. The largest absolute Gasteiger partial charge is 0.339 e. The van der Waals surface area contributed by atoms with E-state index in [4.69, 9.17) is 0 Å². The maximum atomic E-state index is 13.2. The summed E-state index contributed by atoms with van der Waals surface area (Å²) in [5, 5.41) is 0.138. The minimum atomic E-state index is -3.60. The van der Waals surface area contributed by atoms with E-state index in [2.05, 4.69) is 41.9 Å². The van der Waals surface area contributed by atoms with Crippen molar-refractivity contribution >= 4 is 10.0 Å². The van der Waals surface area contributed by atoms with Crippen molar-refractivity contribution in [3.8, 4) is 0 Å². The number of piperidine rings is 1. The topological polar surface area (TPSA) is 58.4 Å². The van der Waals surface area contributed by atoms with E-state index in [0.717, 1.165) is 31.5 Å². The number of hydrogen-bond acceptors (Lipinski definition) is 4. The molecule has 2 aromatic rings. The monoisotopic (exact) mass is 388 g/mol. The predicted octanol–water partition coefficient (Wildman–Crippen LogP) is 2.37.